The maximum absolute atomic E-state index is 10.9. The average Bonchev–Trinajstić information content (AvgIpc) is 2.47. The summed E-state index contributed by atoms with van der Waals surface area (Å²) < 4.78 is 1.39. The number of nitrogen functional groups attached to an aromatic ring is 1. The van der Waals surface area contributed by atoms with Crippen LogP contribution in [-0.4, -0.2) is 19.7 Å². The number of aromatic nitrogens is 4. The van der Waals surface area contributed by atoms with E-state index in [0.717, 1.165) is 0 Å². The summed E-state index contributed by atoms with van der Waals surface area (Å²) in [6.07, 6.45) is 2.95. The summed E-state index contributed by atoms with van der Waals surface area (Å²) in [5.74, 6) is 0.860. The zero-order chi connectivity index (χ0) is 9.26. The molecule has 0 aliphatic carbocycles. The Morgan fingerprint density at radius 2 is 2.38 bits per heavy atom. The van der Waals surface area contributed by atoms with Crippen LogP contribution in [0.2, 0.25) is 0 Å². The molecule has 0 aliphatic rings. The van der Waals surface area contributed by atoms with Crippen LogP contribution in [-0.2, 0) is 0 Å². The van der Waals surface area contributed by atoms with E-state index < -0.39 is 0 Å². The van der Waals surface area contributed by atoms with E-state index in [0.29, 0.717) is 11.6 Å². The Bertz CT molecular complexity index is 457. The van der Waals surface area contributed by atoms with E-state index in [1.807, 2.05) is 0 Å². The van der Waals surface area contributed by atoms with Crippen LogP contribution < -0.4 is 11.3 Å². The van der Waals surface area contributed by atoms with Gasteiger partial charge in [-0.3, -0.25) is 9.89 Å². The van der Waals surface area contributed by atoms with Gasteiger partial charge in [-0.05, 0) is 0 Å². The van der Waals surface area contributed by atoms with Gasteiger partial charge in [-0.15, -0.1) is 0 Å². The molecule has 0 aliphatic heterocycles. The number of nitrogens with one attached hydrogen (secondary N) is 1. The number of hydrogen-bond acceptors (Lipinski definition) is 4. The number of anilines is 1. The first-order chi connectivity index (χ1) is 6.27. The molecule has 0 radical (unpaired) electrons. The molecule has 66 valence electrons. The summed E-state index contributed by atoms with van der Waals surface area (Å²) >= 11 is 0. The summed E-state index contributed by atoms with van der Waals surface area (Å²) in [6.45, 7) is 0. The first kappa shape index (κ1) is 7.53. The molecule has 3 N–H and O–H groups in total. The average molecular weight is 177 g/mol. The summed E-state index contributed by atoms with van der Waals surface area (Å²) in [5, 5.41) is 2.51. The highest BCUT2D eigenvalue weighted by molar-refractivity contribution is 5.35. The molecule has 2 rings (SSSR count). The van der Waals surface area contributed by atoms with Crippen molar-refractivity contribution in [1.82, 2.24) is 19.7 Å². The third-order valence-electron chi connectivity index (χ3n) is 1.55. The van der Waals surface area contributed by atoms with Gasteiger partial charge >= 0.3 is 0 Å². The molecule has 6 heteroatoms. The minimum Gasteiger partial charge on any atom is -0.383 e. The molecule has 0 bridgehead atoms. The fourth-order valence-electron chi connectivity index (χ4n) is 1.01. The second-order valence-corrected chi connectivity index (χ2v) is 2.45. The number of aromatic amines is 1. The third-order valence-corrected chi connectivity index (χ3v) is 1.55. The quantitative estimate of drug-likeness (QED) is 0.616. The molecule has 0 unspecified atom stereocenters. The lowest BCUT2D eigenvalue weighted by atomic mass is 10.5. The van der Waals surface area contributed by atoms with E-state index in [4.69, 9.17) is 5.73 Å². The van der Waals surface area contributed by atoms with Crippen LogP contribution in [0.1, 0.15) is 0 Å². The third kappa shape index (κ3) is 1.28. The van der Waals surface area contributed by atoms with Gasteiger partial charge in [-0.2, -0.15) is 0 Å². The fourth-order valence-corrected chi connectivity index (χ4v) is 1.01. The monoisotopic (exact) mass is 177 g/mol. The molecule has 0 saturated heterocycles. The summed E-state index contributed by atoms with van der Waals surface area (Å²) in [5.41, 5.74) is 5.29. The van der Waals surface area contributed by atoms with Gasteiger partial charge in [0.15, 0.2) is 5.82 Å². The molecule has 0 spiro atoms. The minimum absolute atomic E-state index is 0.254. The SMILES string of the molecule is Nc1cc(=O)[nH]n1-c1ccncn1. The van der Waals surface area contributed by atoms with Crippen LogP contribution in [0.4, 0.5) is 5.82 Å². The van der Waals surface area contributed by atoms with Gasteiger partial charge in [0.2, 0.25) is 0 Å². The van der Waals surface area contributed by atoms with Crippen molar-refractivity contribution < 1.29 is 0 Å². The van der Waals surface area contributed by atoms with E-state index in [1.54, 1.807) is 12.3 Å². The van der Waals surface area contributed by atoms with Crippen molar-refractivity contribution >= 4 is 5.82 Å². The predicted octanol–water partition coefficient (Wildman–Crippen LogP) is -0.462. The Morgan fingerprint density at radius 3 is 2.92 bits per heavy atom. The first-order valence-electron chi connectivity index (χ1n) is 3.61. The number of hydrogen-bond donors (Lipinski definition) is 2. The Morgan fingerprint density at radius 1 is 1.54 bits per heavy atom. The van der Waals surface area contributed by atoms with Crippen LogP contribution >= 0.6 is 0 Å². The molecule has 0 fully saturated rings. The first-order valence-corrected chi connectivity index (χ1v) is 3.61. The van der Waals surface area contributed by atoms with Crippen molar-refractivity contribution in [3.8, 4) is 5.82 Å². The molecule has 0 amide bonds. The molecule has 0 atom stereocenters. The van der Waals surface area contributed by atoms with Crippen LogP contribution in [0, 0.1) is 0 Å². The van der Waals surface area contributed by atoms with Gasteiger partial charge in [-0.25, -0.2) is 14.6 Å². The van der Waals surface area contributed by atoms with E-state index in [9.17, 15) is 4.79 Å². The number of H-pyrrole nitrogens is 1. The molecule has 6 nitrogen and oxygen atoms in total. The maximum Gasteiger partial charge on any atom is 0.266 e. The molecule has 2 aromatic rings. The Labute approximate surface area is 73.0 Å². The van der Waals surface area contributed by atoms with Crippen molar-refractivity contribution in [3.63, 3.8) is 0 Å². The maximum atomic E-state index is 10.9. The van der Waals surface area contributed by atoms with Crippen molar-refractivity contribution in [3.05, 3.63) is 35.0 Å². The van der Waals surface area contributed by atoms with Gasteiger partial charge in [0.25, 0.3) is 5.56 Å². The van der Waals surface area contributed by atoms with Crippen molar-refractivity contribution in [2.45, 2.75) is 0 Å². The largest absolute Gasteiger partial charge is 0.383 e. The lowest BCUT2D eigenvalue weighted by Crippen LogP contribution is -2.06. The van der Waals surface area contributed by atoms with Crippen LogP contribution in [0.5, 0.6) is 0 Å². The van der Waals surface area contributed by atoms with Gasteiger partial charge in [0.05, 0.1) is 0 Å². The topological polar surface area (TPSA) is 89.6 Å². The van der Waals surface area contributed by atoms with Gasteiger partial charge in [0.1, 0.15) is 12.1 Å². The van der Waals surface area contributed by atoms with Crippen LogP contribution in [0.3, 0.4) is 0 Å². The number of rotatable bonds is 1. The normalized spacial score (nSPS) is 10.2. The summed E-state index contributed by atoms with van der Waals surface area (Å²) in [4.78, 5) is 18.6. The molecule has 2 aromatic heterocycles. The lowest BCUT2D eigenvalue weighted by molar-refractivity contribution is 0.835. The Kier molecular flexibility index (Phi) is 1.59. The van der Waals surface area contributed by atoms with E-state index in [1.165, 1.54) is 17.1 Å². The fraction of sp³-hybridized carbons (Fsp3) is 0. The van der Waals surface area contributed by atoms with Gasteiger partial charge in [0, 0.05) is 18.3 Å². The minimum atomic E-state index is -0.254. The highest BCUT2D eigenvalue weighted by Crippen LogP contribution is 2.04. The second kappa shape index (κ2) is 2.74. The van der Waals surface area contributed by atoms with Gasteiger partial charge in [-0.1, -0.05) is 0 Å². The van der Waals surface area contributed by atoms with Crippen molar-refractivity contribution in [2.24, 2.45) is 0 Å². The standard InChI is InChI=1S/C7H7N5O/c8-5-3-7(13)11-12(5)6-1-2-9-4-10-6/h1-4H,8H2,(H,11,13). The molecule has 0 saturated carbocycles. The van der Waals surface area contributed by atoms with Crippen molar-refractivity contribution in [1.29, 1.82) is 0 Å². The zero-order valence-corrected chi connectivity index (χ0v) is 6.64. The Balaban J connectivity index is 2.59. The molecule has 13 heavy (non-hydrogen) atoms. The molecule has 0 aromatic carbocycles. The highest BCUT2D eigenvalue weighted by atomic mass is 16.1. The van der Waals surface area contributed by atoms with Crippen LogP contribution in [0.25, 0.3) is 5.82 Å². The van der Waals surface area contributed by atoms with E-state index in [2.05, 4.69) is 15.1 Å². The van der Waals surface area contributed by atoms with E-state index in [-0.39, 0.29) is 5.56 Å². The van der Waals surface area contributed by atoms with Crippen molar-refractivity contribution in [2.75, 3.05) is 5.73 Å². The smallest absolute Gasteiger partial charge is 0.266 e. The van der Waals surface area contributed by atoms with Crippen LogP contribution in [0.15, 0.2) is 29.5 Å². The summed E-state index contributed by atoms with van der Waals surface area (Å²) in [6, 6.07) is 2.94. The number of nitrogens with two attached hydrogens (primary N) is 1. The Hall–Kier alpha value is -2.11. The summed E-state index contributed by atoms with van der Waals surface area (Å²) in [7, 11) is 0. The molecular weight excluding hydrogens is 170 g/mol. The lowest BCUT2D eigenvalue weighted by Gasteiger charge is -2.01. The highest BCUT2D eigenvalue weighted by Gasteiger charge is 2.02. The second-order valence-electron chi connectivity index (χ2n) is 2.45. The molecule has 2 heterocycles. The van der Waals surface area contributed by atoms with E-state index >= 15 is 0 Å². The number of nitrogens with zero attached hydrogens (tertiary/aromatic N) is 3. The molecular formula is C7H7N5O. The van der Waals surface area contributed by atoms with Gasteiger partial charge < -0.3 is 5.73 Å². The predicted molar refractivity (Wildman–Crippen MR) is 46.4 cm³/mol. The zero-order valence-electron chi connectivity index (χ0n) is 6.64.